The largest absolute Gasteiger partial charge is 0.322 e. The maximum Gasteiger partial charge on any atom is 0.261 e. The van der Waals surface area contributed by atoms with Crippen molar-refractivity contribution in [1.29, 1.82) is 0 Å². The number of nitrogens with one attached hydrogen (secondary N) is 1. The molecule has 0 aliphatic carbocycles. The van der Waals surface area contributed by atoms with Crippen LogP contribution in [-0.2, 0) is 7.05 Å². The number of aromatic nitrogens is 4. The number of hydrogen-bond acceptors (Lipinski definition) is 4. The number of amides is 1. The number of aryl methyl sites for hydroxylation is 2. The Kier molecular flexibility index (Phi) is 5.05. The van der Waals surface area contributed by atoms with Gasteiger partial charge in [0, 0.05) is 18.3 Å². The quantitative estimate of drug-likeness (QED) is 0.547. The lowest BCUT2D eigenvalue weighted by Crippen LogP contribution is -2.15. The van der Waals surface area contributed by atoms with Crippen molar-refractivity contribution in [2.75, 3.05) is 5.32 Å². The van der Waals surface area contributed by atoms with Gasteiger partial charge < -0.3 is 5.32 Å². The average molecular weight is 405 g/mol. The van der Waals surface area contributed by atoms with Crippen molar-refractivity contribution in [3.05, 3.63) is 83.4 Å². The first-order valence-electron chi connectivity index (χ1n) is 9.13. The lowest BCUT2D eigenvalue weighted by atomic mass is 9.97. The van der Waals surface area contributed by atoms with E-state index < -0.39 is 23.1 Å². The maximum atomic E-state index is 13.8. The minimum atomic E-state index is -0.908. The molecule has 4 rings (SSSR count). The highest BCUT2D eigenvalue weighted by molar-refractivity contribution is 6.04. The van der Waals surface area contributed by atoms with Crippen molar-refractivity contribution < 1.29 is 13.6 Å². The van der Waals surface area contributed by atoms with Crippen molar-refractivity contribution in [3.8, 4) is 22.5 Å². The molecule has 30 heavy (non-hydrogen) atoms. The molecule has 0 spiro atoms. The van der Waals surface area contributed by atoms with Crippen LogP contribution in [-0.4, -0.2) is 26.1 Å². The molecule has 1 N–H and O–H groups in total. The van der Waals surface area contributed by atoms with Crippen LogP contribution < -0.4 is 5.32 Å². The molecule has 1 aromatic heterocycles. The first kappa shape index (κ1) is 19.4. The van der Waals surface area contributed by atoms with Crippen LogP contribution in [0.25, 0.3) is 22.5 Å². The van der Waals surface area contributed by atoms with Crippen LogP contribution in [0.15, 0.2) is 60.7 Å². The molecule has 1 heterocycles. The summed E-state index contributed by atoms with van der Waals surface area (Å²) < 4.78 is 29.2. The number of anilines is 1. The van der Waals surface area contributed by atoms with Crippen molar-refractivity contribution in [2.24, 2.45) is 7.05 Å². The second-order valence-corrected chi connectivity index (χ2v) is 6.78. The Morgan fingerprint density at radius 2 is 1.63 bits per heavy atom. The molecule has 1 amide bonds. The van der Waals surface area contributed by atoms with E-state index in [9.17, 15) is 13.6 Å². The van der Waals surface area contributed by atoms with Gasteiger partial charge in [0.2, 0.25) is 0 Å². The van der Waals surface area contributed by atoms with E-state index >= 15 is 0 Å². The van der Waals surface area contributed by atoms with Gasteiger partial charge in [-0.05, 0) is 64.4 Å². The molecule has 150 valence electrons. The molecular formula is C22H17F2N5O. The predicted molar refractivity (Wildman–Crippen MR) is 109 cm³/mol. The van der Waals surface area contributed by atoms with Crippen molar-refractivity contribution in [2.45, 2.75) is 6.92 Å². The zero-order valence-electron chi connectivity index (χ0n) is 16.2. The Morgan fingerprint density at radius 1 is 0.967 bits per heavy atom. The third-order valence-electron chi connectivity index (χ3n) is 4.76. The smallest absolute Gasteiger partial charge is 0.261 e. The van der Waals surface area contributed by atoms with Crippen LogP contribution in [0.4, 0.5) is 14.5 Å². The number of carbonyl (C=O) groups excluding carboxylic acids is 1. The van der Waals surface area contributed by atoms with Crippen LogP contribution in [0.2, 0.25) is 0 Å². The molecule has 3 aromatic carbocycles. The Bertz CT molecular complexity index is 1210. The number of nitrogens with zero attached hydrogens (tertiary/aromatic N) is 4. The first-order valence-corrected chi connectivity index (χ1v) is 9.13. The summed E-state index contributed by atoms with van der Waals surface area (Å²) in [6, 6.07) is 16.2. The van der Waals surface area contributed by atoms with Gasteiger partial charge in [0.05, 0.1) is 0 Å². The summed E-state index contributed by atoms with van der Waals surface area (Å²) in [5, 5.41) is 14.1. The van der Waals surface area contributed by atoms with E-state index in [0.29, 0.717) is 11.5 Å². The van der Waals surface area contributed by atoms with Gasteiger partial charge in [-0.2, -0.15) is 0 Å². The van der Waals surface area contributed by atoms with E-state index in [1.807, 2.05) is 37.3 Å². The summed E-state index contributed by atoms with van der Waals surface area (Å²) in [5.74, 6) is -2.01. The van der Waals surface area contributed by atoms with Crippen LogP contribution in [0, 0.1) is 18.6 Å². The molecule has 4 aromatic rings. The Morgan fingerprint density at radius 3 is 2.27 bits per heavy atom. The second kappa shape index (κ2) is 7.82. The fraction of sp³-hybridized carbons (Fsp3) is 0.0909. The van der Waals surface area contributed by atoms with E-state index in [4.69, 9.17) is 0 Å². The highest BCUT2D eigenvalue weighted by Crippen LogP contribution is 2.29. The van der Waals surface area contributed by atoms with Gasteiger partial charge in [0.1, 0.15) is 17.2 Å². The van der Waals surface area contributed by atoms with Gasteiger partial charge in [-0.3, -0.25) is 4.79 Å². The number of hydrogen-bond donors (Lipinski definition) is 1. The van der Waals surface area contributed by atoms with E-state index in [1.54, 1.807) is 23.9 Å². The molecule has 6 nitrogen and oxygen atoms in total. The highest BCUT2D eigenvalue weighted by Gasteiger charge is 2.17. The lowest BCUT2D eigenvalue weighted by molar-refractivity contribution is 0.101. The van der Waals surface area contributed by atoms with Crippen LogP contribution in [0.3, 0.4) is 0 Å². The predicted octanol–water partition coefficient (Wildman–Crippen LogP) is 4.38. The molecule has 0 atom stereocenters. The topological polar surface area (TPSA) is 72.7 Å². The van der Waals surface area contributed by atoms with Crippen LogP contribution >= 0.6 is 0 Å². The zero-order chi connectivity index (χ0) is 21.3. The number of rotatable bonds is 4. The normalized spacial score (nSPS) is 10.8. The van der Waals surface area contributed by atoms with Gasteiger partial charge >= 0.3 is 0 Å². The SMILES string of the molecule is Cc1ccc(-c2nnnn2C)cc1-c1ccc(NC(=O)c2c(F)cccc2F)cc1. The third kappa shape index (κ3) is 3.67. The Hall–Kier alpha value is -3.94. The highest BCUT2D eigenvalue weighted by atomic mass is 19.1. The summed E-state index contributed by atoms with van der Waals surface area (Å²) in [6.07, 6.45) is 0. The third-order valence-corrected chi connectivity index (χ3v) is 4.76. The van der Waals surface area contributed by atoms with Crippen molar-refractivity contribution >= 4 is 11.6 Å². The Labute approximate surface area is 171 Å². The first-order chi connectivity index (χ1) is 14.4. The average Bonchev–Trinajstić information content (AvgIpc) is 3.15. The molecule has 0 bridgehead atoms. The van der Waals surface area contributed by atoms with E-state index in [2.05, 4.69) is 20.8 Å². The molecular weight excluding hydrogens is 388 g/mol. The summed E-state index contributed by atoms with van der Waals surface area (Å²) in [5.41, 5.74) is 3.64. The maximum absolute atomic E-state index is 13.8. The monoisotopic (exact) mass is 405 g/mol. The van der Waals surface area contributed by atoms with Gasteiger partial charge in [-0.1, -0.05) is 30.3 Å². The van der Waals surface area contributed by atoms with E-state index in [0.717, 1.165) is 34.4 Å². The lowest BCUT2D eigenvalue weighted by Gasteiger charge is -2.11. The number of carbonyl (C=O) groups is 1. The summed E-state index contributed by atoms with van der Waals surface area (Å²) in [4.78, 5) is 12.3. The van der Waals surface area contributed by atoms with E-state index in [-0.39, 0.29) is 0 Å². The summed E-state index contributed by atoms with van der Waals surface area (Å²) >= 11 is 0. The molecule has 0 saturated carbocycles. The molecule has 0 fully saturated rings. The molecule has 0 aliphatic heterocycles. The van der Waals surface area contributed by atoms with Gasteiger partial charge in [0.15, 0.2) is 5.82 Å². The van der Waals surface area contributed by atoms with Gasteiger partial charge in [-0.15, -0.1) is 5.10 Å². The second-order valence-electron chi connectivity index (χ2n) is 6.78. The van der Waals surface area contributed by atoms with E-state index in [1.165, 1.54) is 6.07 Å². The molecule has 8 heteroatoms. The van der Waals surface area contributed by atoms with Crippen molar-refractivity contribution in [1.82, 2.24) is 20.2 Å². The van der Waals surface area contributed by atoms with Gasteiger partial charge in [0.25, 0.3) is 5.91 Å². The molecule has 0 radical (unpaired) electrons. The Balaban J connectivity index is 1.60. The minimum absolute atomic E-state index is 0.428. The zero-order valence-corrected chi connectivity index (χ0v) is 16.2. The fourth-order valence-electron chi connectivity index (χ4n) is 3.19. The fourth-order valence-corrected chi connectivity index (χ4v) is 3.19. The molecule has 0 aliphatic rings. The van der Waals surface area contributed by atoms with Gasteiger partial charge in [-0.25, -0.2) is 13.5 Å². The van der Waals surface area contributed by atoms with Crippen LogP contribution in [0.1, 0.15) is 15.9 Å². The summed E-state index contributed by atoms with van der Waals surface area (Å²) in [7, 11) is 1.77. The number of tetrazole rings is 1. The minimum Gasteiger partial charge on any atom is -0.322 e. The molecule has 0 unspecified atom stereocenters. The standard InChI is InChI=1S/C22H17F2N5O/c1-13-6-7-15(21-26-27-28-29(21)2)12-17(13)14-8-10-16(11-9-14)25-22(30)20-18(23)4-3-5-19(20)24/h3-12H,1-2H3,(H,25,30). The number of benzene rings is 3. The summed E-state index contributed by atoms with van der Waals surface area (Å²) in [6.45, 7) is 1.99. The molecule has 0 saturated heterocycles. The van der Waals surface area contributed by atoms with Crippen LogP contribution in [0.5, 0.6) is 0 Å². The number of halogens is 2. The van der Waals surface area contributed by atoms with Crippen molar-refractivity contribution in [3.63, 3.8) is 0 Å².